The van der Waals surface area contributed by atoms with Crippen molar-refractivity contribution in [2.75, 3.05) is 11.1 Å². The van der Waals surface area contributed by atoms with E-state index in [4.69, 9.17) is 17.3 Å². The zero-order valence-corrected chi connectivity index (χ0v) is 10.7. The van der Waals surface area contributed by atoms with Crippen molar-refractivity contribution in [3.63, 3.8) is 0 Å². The second-order valence-electron chi connectivity index (χ2n) is 3.96. The molecule has 1 aromatic heterocycles. The van der Waals surface area contributed by atoms with Crippen LogP contribution >= 0.6 is 11.6 Å². The Morgan fingerprint density at radius 2 is 2.11 bits per heavy atom. The minimum absolute atomic E-state index is 0.101. The third kappa shape index (κ3) is 3.35. The van der Waals surface area contributed by atoms with Crippen LogP contribution < -0.4 is 16.6 Å². The Morgan fingerprint density at radius 1 is 1.32 bits per heavy atom. The van der Waals surface area contributed by atoms with E-state index in [1.807, 2.05) is 0 Å². The Bertz CT molecular complexity index is 667. The van der Waals surface area contributed by atoms with Gasteiger partial charge < -0.3 is 15.6 Å². The molecule has 0 bridgehead atoms. The molecular weight excluding hydrogens is 266 g/mol. The van der Waals surface area contributed by atoms with Crippen molar-refractivity contribution < 1.29 is 4.79 Å². The van der Waals surface area contributed by atoms with Crippen LogP contribution in [0.4, 0.5) is 11.4 Å². The first kappa shape index (κ1) is 13.2. The lowest BCUT2D eigenvalue weighted by atomic mass is 10.3. The summed E-state index contributed by atoms with van der Waals surface area (Å²) in [6, 6.07) is 9.88. The van der Waals surface area contributed by atoms with Gasteiger partial charge in [0.05, 0.1) is 5.69 Å². The van der Waals surface area contributed by atoms with Gasteiger partial charge in [0.1, 0.15) is 6.54 Å². The minimum atomic E-state index is -0.385. The van der Waals surface area contributed by atoms with E-state index in [0.717, 1.165) is 0 Å². The van der Waals surface area contributed by atoms with Crippen LogP contribution in [0.3, 0.4) is 0 Å². The van der Waals surface area contributed by atoms with Crippen LogP contribution in [-0.2, 0) is 11.3 Å². The second-order valence-corrected chi connectivity index (χ2v) is 4.39. The molecule has 0 fully saturated rings. The van der Waals surface area contributed by atoms with E-state index >= 15 is 0 Å². The summed E-state index contributed by atoms with van der Waals surface area (Å²) < 4.78 is 1.25. The Labute approximate surface area is 114 Å². The molecule has 0 aliphatic carbocycles. The van der Waals surface area contributed by atoms with Gasteiger partial charge in [-0.1, -0.05) is 17.7 Å². The summed E-state index contributed by atoms with van der Waals surface area (Å²) in [4.78, 5) is 23.4. The van der Waals surface area contributed by atoms with Gasteiger partial charge >= 0.3 is 0 Å². The van der Waals surface area contributed by atoms with Crippen LogP contribution in [0.5, 0.6) is 0 Å². The quantitative estimate of drug-likeness (QED) is 0.897. The standard InChI is InChI=1S/C13H12ClN3O2/c14-9-3-1-4-10(7-9)16-12(18)8-17-6-2-5-11(15)13(17)19/h1-7H,8,15H2,(H,16,18). The van der Waals surface area contributed by atoms with E-state index in [0.29, 0.717) is 10.7 Å². The number of carbonyl (C=O) groups excluding carboxylic acids is 1. The van der Waals surface area contributed by atoms with Gasteiger partial charge in [-0.15, -0.1) is 0 Å². The second kappa shape index (κ2) is 5.58. The Hall–Kier alpha value is -2.27. The number of carbonyl (C=O) groups is 1. The van der Waals surface area contributed by atoms with Crippen molar-refractivity contribution >= 4 is 28.9 Å². The summed E-state index contributed by atoms with van der Waals surface area (Å²) >= 11 is 5.81. The lowest BCUT2D eigenvalue weighted by Crippen LogP contribution is -2.28. The third-order valence-corrected chi connectivity index (χ3v) is 2.71. The van der Waals surface area contributed by atoms with Crippen LogP contribution in [0, 0.1) is 0 Å². The average Bonchev–Trinajstić information content (AvgIpc) is 2.35. The molecule has 0 atom stereocenters. The molecule has 1 aromatic carbocycles. The number of nitrogens with one attached hydrogen (secondary N) is 1. The molecule has 6 heteroatoms. The number of hydrogen-bond donors (Lipinski definition) is 2. The normalized spacial score (nSPS) is 10.2. The number of anilines is 2. The molecular formula is C13H12ClN3O2. The number of nitrogens with two attached hydrogens (primary N) is 1. The van der Waals surface area contributed by atoms with Crippen LogP contribution in [0.25, 0.3) is 0 Å². The highest BCUT2D eigenvalue weighted by atomic mass is 35.5. The van der Waals surface area contributed by atoms with E-state index < -0.39 is 0 Å². The van der Waals surface area contributed by atoms with Gasteiger partial charge in [-0.3, -0.25) is 9.59 Å². The number of amides is 1. The Morgan fingerprint density at radius 3 is 2.84 bits per heavy atom. The van der Waals surface area contributed by atoms with Crippen molar-refractivity contribution in [1.82, 2.24) is 4.57 Å². The Kier molecular flexibility index (Phi) is 3.87. The van der Waals surface area contributed by atoms with Crippen LogP contribution in [-0.4, -0.2) is 10.5 Å². The van der Waals surface area contributed by atoms with Gasteiger partial charge in [0, 0.05) is 16.9 Å². The molecule has 2 rings (SSSR count). The predicted octanol–water partition coefficient (Wildman–Crippen LogP) is 1.72. The summed E-state index contributed by atoms with van der Waals surface area (Å²) in [5.74, 6) is -0.324. The number of benzene rings is 1. The molecule has 0 aliphatic rings. The fraction of sp³-hybridized carbons (Fsp3) is 0.0769. The van der Waals surface area contributed by atoms with Crippen molar-refractivity contribution in [3.05, 3.63) is 58.0 Å². The van der Waals surface area contributed by atoms with Gasteiger partial charge in [-0.25, -0.2) is 0 Å². The van der Waals surface area contributed by atoms with Crippen molar-refractivity contribution in [1.29, 1.82) is 0 Å². The van der Waals surface area contributed by atoms with E-state index in [-0.39, 0.29) is 23.7 Å². The number of halogens is 1. The van der Waals surface area contributed by atoms with Crippen LogP contribution in [0.15, 0.2) is 47.4 Å². The maximum absolute atomic E-state index is 11.8. The number of hydrogen-bond acceptors (Lipinski definition) is 3. The molecule has 2 aromatic rings. The van der Waals surface area contributed by atoms with Crippen molar-refractivity contribution in [2.45, 2.75) is 6.54 Å². The molecule has 0 spiro atoms. The molecule has 98 valence electrons. The van der Waals surface area contributed by atoms with Crippen LogP contribution in [0.1, 0.15) is 0 Å². The summed E-state index contributed by atoms with van der Waals surface area (Å²) in [6.07, 6.45) is 1.51. The smallest absolute Gasteiger partial charge is 0.274 e. The molecule has 0 unspecified atom stereocenters. The molecule has 0 saturated heterocycles. The zero-order chi connectivity index (χ0) is 13.8. The number of nitrogens with zero attached hydrogens (tertiary/aromatic N) is 1. The maximum Gasteiger partial charge on any atom is 0.274 e. The summed E-state index contributed by atoms with van der Waals surface area (Å²) in [6.45, 7) is -0.101. The maximum atomic E-state index is 11.8. The van der Waals surface area contributed by atoms with E-state index in [9.17, 15) is 9.59 Å². The molecule has 0 aliphatic heterocycles. The molecule has 1 heterocycles. The fourth-order valence-electron chi connectivity index (χ4n) is 1.60. The lowest BCUT2D eigenvalue weighted by molar-refractivity contribution is -0.116. The van der Waals surface area contributed by atoms with E-state index in [1.165, 1.54) is 16.8 Å². The highest BCUT2D eigenvalue weighted by Gasteiger charge is 2.06. The van der Waals surface area contributed by atoms with Gasteiger partial charge in [-0.05, 0) is 30.3 Å². The molecule has 19 heavy (non-hydrogen) atoms. The van der Waals surface area contributed by atoms with E-state index in [2.05, 4.69) is 5.32 Å². The molecule has 0 saturated carbocycles. The van der Waals surface area contributed by atoms with Crippen molar-refractivity contribution in [2.24, 2.45) is 0 Å². The first-order valence-electron chi connectivity index (χ1n) is 5.56. The topological polar surface area (TPSA) is 77.1 Å². The first-order chi connectivity index (χ1) is 9.06. The van der Waals surface area contributed by atoms with Gasteiger partial charge in [-0.2, -0.15) is 0 Å². The number of pyridine rings is 1. The molecule has 1 amide bonds. The average molecular weight is 278 g/mol. The van der Waals surface area contributed by atoms with Gasteiger partial charge in [0.25, 0.3) is 5.56 Å². The Balaban J connectivity index is 2.10. The SMILES string of the molecule is Nc1cccn(CC(=O)Nc2cccc(Cl)c2)c1=O. The van der Waals surface area contributed by atoms with Crippen molar-refractivity contribution in [3.8, 4) is 0 Å². The monoisotopic (exact) mass is 277 g/mol. The predicted molar refractivity (Wildman–Crippen MR) is 75.2 cm³/mol. The number of aromatic nitrogens is 1. The first-order valence-corrected chi connectivity index (χ1v) is 5.94. The summed E-state index contributed by atoms with van der Waals surface area (Å²) in [7, 11) is 0. The van der Waals surface area contributed by atoms with Crippen LogP contribution in [0.2, 0.25) is 5.02 Å². The summed E-state index contributed by atoms with van der Waals surface area (Å²) in [5.41, 5.74) is 5.79. The summed E-state index contributed by atoms with van der Waals surface area (Å²) in [5, 5.41) is 3.18. The molecule has 5 nitrogen and oxygen atoms in total. The van der Waals surface area contributed by atoms with E-state index in [1.54, 1.807) is 30.3 Å². The lowest BCUT2D eigenvalue weighted by Gasteiger charge is -2.08. The van der Waals surface area contributed by atoms with Gasteiger partial charge in [0.15, 0.2) is 0 Å². The molecule has 0 radical (unpaired) electrons. The third-order valence-electron chi connectivity index (χ3n) is 2.47. The largest absolute Gasteiger partial charge is 0.394 e. The highest BCUT2D eigenvalue weighted by molar-refractivity contribution is 6.30. The highest BCUT2D eigenvalue weighted by Crippen LogP contribution is 2.14. The zero-order valence-electron chi connectivity index (χ0n) is 9.97. The number of rotatable bonds is 3. The minimum Gasteiger partial charge on any atom is -0.394 e. The number of nitrogen functional groups attached to an aromatic ring is 1. The molecule has 3 N–H and O–H groups in total. The van der Waals surface area contributed by atoms with Gasteiger partial charge in [0.2, 0.25) is 5.91 Å². The fourth-order valence-corrected chi connectivity index (χ4v) is 1.79.